The third kappa shape index (κ3) is 1.39. The van der Waals surface area contributed by atoms with E-state index in [9.17, 15) is 0 Å². The number of hydrogen-bond acceptors (Lipinski definition) is 2. The first-order valence-corrected chi connectivity index (χ1v) is 5.02. The Balaban J connectivity index is 2.53. The van der Waals surface area contributed by atoms with E-state index in [2.05, 4.69) is 37.0 Å². The number of thioether (sulfide) groups is 1. The van der Waals surface area contributed by atoms with Gasteiger partial charge in [0.15, 0.2) is 0 Å². The number of aliphatic imine (C=N–C) groups is 1. The first-order valence-electron chi connectivity index (χ1n) is 4.03. The molecule has 0 saturated carbocycles. The van der Waals surface area contributed by atoms with Gasteiger partial charge in [0.25, 0.3) is 0 Å². The van der Waals surface area contributed by atoms with Crippen LogP contribution in [0, 0.1) is 6.92 Å². The fourth-order valence-corrected chi connectivity index (χ4v) is 2.06. The van der Waals surface area contributed by atoms with Crippen molar-refractivity contribution in [2.75, 3.05) is 0 Å². The largest absolute Gasteiger partial charge is 0.247 e. The zero-order valence-electron chi connectivity index (χ0n) is 7.29. The normalized spacial score (nSPS) is 15.3. The van der Waals surface area contributed by atoms with Crippen molar-refractivity contribution in [2.45, 2.75) is 19.6 Å². The summed E-state index contributed by atoms with van der Waals surface area (Å²) in [6.45, 7) is 4.17. The maximum Gasteiger partial charge on any atom is 0.0710 e. The molecule has 1 nitrogen and oxygen atoms in total. The summed E-state index contributed by atoms with van der Waals surface area (Å²) < 4.78 is 0. The van der Waals surface area contributed by atoms with Gasteiger partial charge in [0.2, 0.25) is 0 Å². The van der Waals surface area contributed by atoms with Crippen LogP contribution in [-0.2, 0) is 5.75 Å². The maximum atomic E-state index is 4.49. The summed E-state index contributed by atoms with van der Waals surface area (Å²) >= 11 is 1.82. The van der Waals surface area contributed by atoms with Gasteiger partial charge in [0.1, 0.15) is 0 Å². The van der Waals surface area contributed by atoms with Gasteiger partial charge in [0, 0.05) is 5.75 Å². The lowest BCUT2D eigenvalue weighted by Crippen LogP contribution is -1.94. The molecule has 0 bridgehead atoms. The van der Waals surface area contributed by atoms with Gasteiger partial charge >= 0.3 is 0 Å². The molecule has 1 aromatic rings. The lowest BCUT2D eigenvalue weighted by Gasteiger charge is -2.12. The van der Waals surface area contributed by atoms with Crippen LogP contribution in [0.3, 0.4) is 0 Å². The summed E-state index contributed by atoms with van der Waals surface area (Å²) in [5.41, 5.74) is 3.81. The highest BCUT2D eigenvalue weighted by atomic mass is 32.2. The highest BCUT2D eigenvalue weighted by Gasteiger charge is 2.08. The quantitative estimate of drug-likeness (QED) is 0.592. The van der Waals surface area contributed by atoms with Crippen LogP contribution in [0.4, 0.5) is 5.69 Å². The van der Waals surface area contributed by atoms with E-state index in [-0.39, 0.29) is 0 Å². The molecule has 0 aliphatic carbocycles. The van der Waals surface area contributed by atoms with Crippen LogP contribution < -0.4 is 0 Å². The molecule has 12 heavy (non-hydrogen) atoms. The van der Waals surface area contributed by atoms with Crippen molar-refractivity contribution < 1.29 is 0 Å². The molecule has 1 aliphatic heterocycles. The van der Waals surface area contributed by atoms with E-state index in [1.807, 2.05) is 11.8 Å². The third-order valence-electron chi connectivity index (χ3n) is 1.96. The Kier molecular flexibility index (Phi) is 1.93. The van der Waals surface area contributed by atoms with Crippen molar-refractivity contribution in [1.29, 1.82) is 0 Å². The van der Waals surface area contributed by atoms with Crippen molar-refractivity contribution in [3.05, 3.63) is 29.3 Å². The molecule has 0 fully saturated rings. The van der Waals surface area contributed by atoms with Gasteiger partial charge in [-0.3, -0.25) is 0 Å². The smallest absolute Gasteiger partial charge is 0.0710 e. The van der Waals surface area contributed by atoms with Gasteiger partial charge < -0.3 is 0 Å². The molecule has 0 atom stereocenters. The fourth-order valence-electron chi connectivity index (χ4n) is 1.28. The SMILES string of the molecule is CC1=Nc2cc(C)ccc2CS1. The Labute approximate surface area is 76.9 Å². The second-order valence-electron chi connectivity index (χ2n) is 3.05. The molecule has 0 N–H and O–H groups in total. The first kappa shape index (κ1) is 7.87. The van der Waals surface area contributed by atoms with Crippen LogP contribution in [0.15, 0.2) is 23.2 Å². The predicted molar refractivity (Wildman–Crippen MR) is 55.2 cm³/mol. The van der Waals surface area contributed by atoms with Crippen molar-refractivity contribution in [1.82, 2.24) is 0 Å². The molecular weight excluding hydrogens is 166 g/mol. The number of nitrogens with zero attached hydrogens (tertiary/aromatic N) is 1. The van der Waals surface area contributed by atoms with Gasteiger partial charge in [-0.25, -0.2) is 4.99 Å². The molecule has 2 heteroatoms. The van der Waals surface area contributed by atoms with Crippen LogP contribution in [0.2, 0.25) is 0 Å². The summed E-state index contributed by atoms with van der Waals surface area (Å²) in [6, 6.07) is 6.47. The molecule has 1 aromatic carbocycles. The molecule has 1 aliphatic rings. The Hall–Kier alpha value is -0.760. The fraction of sp³-hybridized carbons (Fsp3) is 0.300. The number of aryl methyl sites for hydroxylation is 1. The summed E-state index contributed by atoms with van der Waals surface area (Å²) in [4.78, 5) is 4.49. The van der Waals surface area contributed by atoms with E-state index in [0.717, 1.165) is 11.4 Å². The Morgan fingerprint density at radius 1 is 1.33 bits per heavy atom. The van der Waals surface area contributed by atoms with Gasteiger partial charge in [-0.15, -0.1) is 11.8 Å². The highest BCUT2D eigenvalue weighted by Crippen LogP contribution is 2.31. The molecule has 0 spiro atoms. The van der Waals surface area contributed by atoms with Gasteiger partial charge in [-0.2, -0.15) is 0 Å². The van der Waals surface area contributed by atoms with Crippen LogP contribution >= 0.6 is 11.8 Å². The van der Waals surface area contributed by atoms with Crippen LogP contribution in [0.5, 0.6) is 0 Å². The molecule has 0 aromatic heterocycles. The zero-order valence-corrected chi connectivity index (χ0v) is 8.11. The van der Waals surface area contributed by atoms with Crippen LogP contribution in [-0.4, -0.2) is 5.04 Å². The van der Waals surface area contributed by atoms with Crippen molar-refractivity contribution >= 4 is 22.5 Å². The average Bonchev–Trinajstić information content (AvgIpc) is 2.03. The molecule has 0 unspecified atom stereocenters. The van der Waals surface area contributed by atoms with E-state index in [4.69, 9.17) is 0 Å². The zero-order chi connectivity index (χ0) is 8.55. The second kappa shape index (κ2) is 2.94. The van der Waals surface area contributed by atoms with Crippen LogP contribution in [0.1, 0.15) is 18.1 Å². The van der Waals surface area contributed by atoms with Gasteiger partial charge in [-0.1, -0.05) is 12.1 Å². The topological polar surface area (TPSA) is 12.4 Å². The number of fused-ring (bicyclic) bond motifs is 1. The Morgan fingerprint density at radius 2 is 2.17 bits per heavy atom. The van der Waals surface area contributed by atoms with Crippen molar-refractivity contribution in [2.24, 2.45) is 4.99 Å². The number of benzene rings is 1. The molecule has 1 heterocycles. The predicted octanol–water partition coefficient (Wildman–Crippen LogP) is 3.29. The van der Waals surface area contributed by atoms with Crippen molar-refractivity contribution in [3.8, 4) is 0 Å². The summed E-state index contributed by atoms with van der Waals surface area (Å²) in [5.74, 6) is 1.07. The lowest BCUT2D eigenvalue weighted by molar-refractivity contribution is 1.32. The minimum Gasteiger partial charge on any atom is -0.247 e. The molecule has 0 radical (unpaired) electrons. The average molecular weight is 177 g/mol. The molecule has 0 amide bonds. The minimum atomic E-state index is 1.07. The van der Waals surface area contributed by atoms with Gasteiger partial charge in [0.05, 0.1) is 10.7 Å². The van der Waals surface area contributed by atoms with Crippen molar-refractivity contribution in [3.63, 3.8) is 0 Å². The van der Waals surface area contributed by atoms with E-state index < -0.39 is 0 Å². The molecular formula is C10H11NS. The Bertz CT molecular complexity index is 342. The van der Waals surface area contributed by atoms with E-state index in [0.29, 0.717) is 0 Å². The molecule has 62 valence electrons. The maximum absolute atomic E-state index is 4.49. The number of hydrogen-bond donors (Lipinski definition) is 0. The monoisotopic (exact) mass is 177 g/mol. The standard InChI is InChI=1S/C10H11NS/c1-7-3-4-9-6-12-8(2)11-10(9)5-7/h3-5H,6H2,1-2H3. The van der Waals surface area contributed by atoms with E-state index >= 15 is 0 Å². The molecule has 0 saturated heterocycles. The third-order valence-corrected chi connectivity index (χ3v) is 2.92. The number of rotatable bonds is 0. The lowest BCUT2D eigenvalue weighted by atomic mass is 10.1. The van der Waals surface area contributed by atoms with Crippen LogP contribution in [0.25, 0.3) is 0 Å². The Morgan fingerprint density at radius 3 is 3.00 bits per heavy atom. The summed E-state index contributed by atoms with van der Waals surface area (Å²) in [5, 5.41) is 1.17. The second-order valence-corrected chi connectivity index (χ2v) is 4.22. The highest BCUT2D eigenvalue weighted by molar-refractivity contribution is 8.13. The molecule has 2 rings (SSSR count). The summed E-state index contributed by atoms with van der Waals surface area (Å²) in [7, 11) is 0. The minimum absolute atomic E-state index is 1.07. The van der Waals surface area contributed by atoms with E-state index in [1.165, 1.54) is 16.2 Å². The first-order chi connectivity index (χ1) is 5.75. The van der Waals surface area contributed by atoms with E-state index in [1.54, 1.807) is 0 Å². The summed E-state index contributed by atoms with van der Waals surface area (Å²) in [6.07, 6.45) is 0. The van der Waals surface area contributed by atoms with Gasteiger partial charge in [-0.05, 0) is 31.0 Å².